The Morgan fingerprint density at radius 3 is 2.00 bits per heavy atom. The highest BCUT2D eigenvalue weighted by molar-refractivity contribution is 5.86. The first kappa shape index (κ1) is 21.7. The van der Waals surface area contributed by atoms with Crippen LogP contribution in [-0.4, -0.2) is 40.9 Å². The van der Waals surface area contributed by atoms with Gasteiger partial charge in [0.15, 0.2) is 0 Å². The minimum atomic E-state index is -3.21. The molecule has 0 saturated heterocycles. The van der Waals surface area contributed by atoms with Gasteiger partial charge in [0.2, 0.25) is 0 Å². The molecule has 0 aliphatic carbocycles. The van der Waals surface area contributed by atoms with E-state index < -0.39 is 23.5 Å². The number of hydrogen-bond acceptors (Lipinski definition) is 5. The zero-order valence-corrected chi connectivity index (χ0v) is 15.9. The Balaban J connectivity index is 2.16. The van der Waals surface area contributed by atoms with Crippen LogP contribution in [0.2, 0.25) is 0 Å². The lowest BCUT2D eigenvalue weighted by Gasteiger charge is -2.40. The van der Waals surface area contributed by atoms with Crippen LogP contribution in [0.25, 0.3) is 11.1 Å². The van der Waals surface area contributed by atoms with Gasteiger partial charge in [0.25, 0.3) is 12.3 Å². The minimum Gasteiger partial charge on any atom is -0.497 e. The maximum absolute atomic E-state index is 13.3. The van der Waals surface area contributed by atoms with E-state index in [4.69, 9.17) is 9.94 Å². The summed E-state index contributed by atoms with van der Waals surface area (Å²) in [4.78, 5) is 12.0. The van der Waals surface area contributed by atoms with Gasteiger partial charge in [-0.2, -0.15) is 0 Å². The van der Waals surface area contributed by atoms with Crippen LogP contribution in [0.15, 0.2) is 48.5 Å². The van der Waals surface area contributed by atoms with Gasteiger partial charge in [-0.1, -0.05) is 36.4 Å². The van der Waals surface area contributed by atoms with E-state index in [2.05, 4.69) is 5.32 Å². The van der Waals surface area contributed by atoms with E-state index in [0.717, 1.165) is 30.7 Å². The average Bonchev–Trinajstić information content (AvgIpc) is 2.71. The number of rotatable bonds is 8. The predicted octanol–water partition coefficient (Wildman–Crippen LogP) is 2.73. The smallest absolute Gasteiger partial charge is 0.268 e. The van der Waals surface area contributed by atoms with Crippen molar-refractivity contribution in [2.24, 2.45) is 0 Å². The highest BCUT2D eigenvalue weighted by atomic mass is 19.3. The van der Waals surface area contributed by atoms with E-state index in [1.54, 1.807) is 19.2 Å². The fraction of sp³-hybridized carbons (Fsp3) is 0.350. The summed E-state index contributed by atoms with van der Waals surface area (Å²) in [7, 11) is 1.59. The lowest BCUT2D eigenvalue weighted by atomic mass is 9.81. The maximum Gasteiger partial charge on any atom is 0.268 e. The Labute approximate surface area is 162 Å². The summed E-state index contributed by atoms with van der Waals surface area (Å²) >= 11 is 0. The number of hydrogen-bond donors (Lipinski definition) is 4. The zero-order chi connectivity index (χ0) is 20.9. The van der Waals surface area contributed by atoms with Crippen molar-refractivity contribution in [1.29, 1.82) is 0 Å². The number of halogens is 2. The predicted molar refractivity (Wildman–Crippen MR) is 100 cm³/mol. The SMILES string of the molecule is COc1ccc(-c2ccc(CN[C@](C)(C(=O)NO)[C@](C)(O)C(F)F)cc2)cc1. The molecule has 6 nitrogen and oxygen atoms in total. The number of benzene rings is 2. The number of aliphatic hydroxyl groups is 1. The lowest BCUT2D eigenvalue weighted by molar-refractivity contribution is -0.167. The number of carbonyl (C=O) groups excluding carboxylic acids is 1. The second-order valence-corrected chi connectivity index (χ2v) is 6.79. The van der Waals surface area contributed by atoms with Crippen molar-refractivity contribution in [1.82, 2.24) is 10.8 Å². The third kappa shape index (κ3) is 4.30. The molecule has 0 unspecified atom stereocenters. The molecule has 4 N–H and O–H groups in total. The van der Waals surface area contributed by atoms with Crippen molar-refractivity contribution in [2.75, 3.05) is 7.11 Å². The normalized spacial score (nSPS) is 15.6. The molecule has 0 spiro atoms. The van der Waals surface area contributed by atoms with Crippen molar-refractivity contribution in [2.45, 2.75) is 38.0 Å². The summed E-state index contributed by atoms with van der Waals surface area (Å²) in [6, 6.07) is 14.8. The second-order valence-electron chi connectivity index (χ2n) is 6.79. The van der Waals surface area contributed by atoms with Gasteiger partial charge < -0.3 is 9.84 Å². The number of ether oxygens (including phenoxy) is 1. The molecule has 2 aromatic carbocycles. The van der Waals surface area contributed by atoms with Crippen molar-refractivity contribution < 1.29 is 28.6 Å². The van der Waals surface area contributed by atoms with Gasteiger partial charge in [0.1, 0.15) is 16.9 Å². The van der Waals surface area contributed by atoms with E-state index in [1.165, 1.54) is 5.48 Å². The molecule has 1 amide bonds. The largest absolute Gasteiger partial charge is 0.497 e. The second kappa shape index (κ2) is 8.64. The Morgan fingerprint density at radius 1 is 1.07 bits per heavy atom. The fourth-order valence-electron chi connectivity index (χ4n) is 2.70. The number of carbonyl (C=O) groups is 1. The van der Waals surface area contributed by atoms with Gasteiger partial charge in [0, 0.05) is 6.54 Å². The number of methoxy groups -OCH3 is 1. The van der Waals surface area contributed by atoms with Gasteiger partial charge in [-0.15, -0.1) is 0 Å². The standard InChI is InChI=1S/C20H24F2N2O4/c1-19(18(25)24-27,20(2,26)17(21)22)23-12-13-4-6-14(7-5-13)15-8-10-16(28-3)11-9-15/h4-11,17,23,26-27H,12H2,1-3H3,(H,24,25)/t19-,20-/m1/s1. The van der Waals surface area contributed by atoms with Crippen LogP contribution in [-0.2, 0) is 11.3 Å². The molecule has 152 valence electrons. The molecule has 28 heavy (non-hydrogen) atoms. The number of alkyl halides is 2. The average molecular weight is 394 g/mol. The van der Waals surface area contributed by atoms with Crippen molar-refractivity contribution in [3.8, 4) is 16.9 Å². The summed E-state index contributed by atoms with van der Waals surface area (Å²) in [6.45, 7) is 1.97. The number of amides is 1. The molecule has 2 atom stereocenters. The van der Waals surface area contributed by atoms with Crippen LogP contribution in [0.4, 0.5) is 8.78 Å². The van der Waals surface area contributed by atoms with Crippen molar-refractivity contribution in [3.05, 3.63) is 54.1 Å². The van der Waals surface area contributed by atoms with Gasteiger partial charge in [0.05, 0.1) is 7.11 Å². The molecule has 0 bridgehead atoms. The van der Waals surface area contributed by atoms with Gasteiger partial charge in [-0.25, -0.2) is 14.3 Å². The van der Waals surface area contributed by atoms with E-state index in [1.807, 2.05) is 36.4 Å². The van der Waals surface area contributed by atoms with E-state index in [9.17, 15) is 18.7 Å². The molecular weight excluding hydrogens is 370 g/mol. The Morgan fingerprint density at radius 2 is 1.57 bits per heavy atom. The lowest BCUT2D eigenvalue weighted by Crippen LogP contribution is -2.69. The van der Waals surface area contributed by atoms with Crippen LogP contribution < -0.4 is 15.5 Å². The summed E-state index contributed by atoms with van der Waals surface area (Å²) < 4.78 is 31.7. The minimum absolute atomic E-state index is 0.0235. The highest BCUT2D eigenvalue weighted by Gasteiger charge is 2.54. The van der Waals surface area contributed by atoms with Gasteiger partial charge in [-0.05, 0) is 42.7 Å². The monoisotopic (exact) mass is 394 g/mol. The first-order valence-electron chi connectivity index (χ1n) is 8.59. The highest BCUT2D eigenvalue weighted by Crippen LogP contribution is 2.30. The van der Waals surface area contributed by atoms with Crippen LogP contribution in [0.3, 0.4) is 0 Å². The molecule has 0 radical (unpaired) electrons. The van der Waals surface area contributed by atoms with E-state index >= 15 is 0 Å². The van der Waals surface area contributed by atoms with E-state index in [0.29, 0.717) is 5.56 Å². The first-order chi connectivity index (χ1) is 13.2. The molecule has 0 fully saturated rings. The molecule has 0 saturated carbocycles. The van der Waals surface area contributed by atoms with Crippen molar-refractivity contribution >= 4 is 5.91 Å². The molecule has 0 aliphatic rings. The topological polar surface area (TPSA) is 90.8 Å². The van der Waals surface area contributed by atoms with Crippen LogP contribution in [0.1, 0.15) is 19.4 Å². The maximum atomic E-state index is 13.3. The zero-order valence-electron chi connectivity index (χ0n) is 15.9. The third-order valence-corrected chi connectivity index (χ3v) is 5.02. The molecule has 2 rings (SSSR count). The Bertz CT molecular complexity index is 795. The molecule has 2 aromatic rings. The van der Waals surface area contributed by atoms with Crippen LogP contribution in [0, 0.1) is 0 Å². The van der Waals surface area contributed by atoms with Crippen LogP contribution in [0.5, 0.6) is 5.75 Å². The van der Waals surface area contributed by atoms with Gasteiger partial charge in [-0.3, -0.25) is 15.3 Å². The summed E-state index contributed by atoms with van der Waals surface area (Å²) in [5.74, 6) is -0.412. The van der Waals surface area contributed by atoms with Crippen molar-refractivity contribution in [3.63, 3.8) is 0 Å². The quantitative estimate of drug-likeness (QED) is 0.408. The first-order valence-corrected chi connectivity index (χ1v) is 8.59. The molecular formula is C20H24F2N2O4. The summed E-state index contributed by atoms with van der Waals surface area (Å²) in [5, 5.41) is 21.7. The number of hydroxylamine groups is 1. The van der Waals surface area contributed by atoms with E-state index in [-0.39, 0.29) is 6.54 Å². The summed E-state index contributed by atoms with van der Waals surface area (Å²) in [5.41, 5.74) is -0.857. The third-order valence-electron chi connectivity index (χ3n) is 5.02. The van der Waals surface area contributed by atoms with Crippen LogP contribution >= 0.6 is 0 Å². The van der Waals surface area contributed by atoms with Gasteiger partial charge >= 0.3 is 0 Å². The summed E-state index contributed by atoms with van der Waals surface area (Å²) in [6.07, 6.45) is -3.21. The molecule has 0 heterocycles. The Kier molecular flexibility index (Phi) is 6.71. The molecule has 8 heteroatoms. The Hall–Kier alpha value is -2.55. The fourth-order valence-corrected chi connectivity index (χ4v) is 2.70. The molecule has 0 aromatic heterocycles. The number of nitrogens with one attached hydrogen (secondary N) is 2. The molecule has 0 aliphatic heterocycles.